The first-order valence-electron chi connectivity index (χ1n) is 8.66. The number of likely N-dealkylation sites (tertiary alicyclic amines) is 1. The molecule has 122 valence electrons. The van der Waals surface area contributed by atoms with Gasteiger partial charge in [-0.05, 0) is 44.0 Å². The number of ether oxygens (including phenoxy) is 1. The van der Waals surface area contributed by atoms with Gasteiger partial charge in [0.25, 0.3) is 0 Å². The average molecular weight is 303 g/mol. The molecule has 1 aromatic carbocycles. The van der Waals surface area contributed by atoms with E-state index in [4.69, 9.17) is 4.74 Å². The van der Waals surface area contributed by atoms with E-state index < -0.39 is 0 Å². The van der Waals surface area contributed by atoms with Crippen molar-refractivity contribution in [2.45, 2.75) is 25.8 Å². The van der Waals surface area contributed by atoms with Gasteiger partial charge in [-0.2, -0.15) is 0 Å². The summed E-state index contributed by atoms with van der Waals surface area (Å²) in [5.74, 6) is 1.04. The van der Waals surface area contributed by atoms with Crippen molar-refractivity contribution in [3.8, 4) is 5.75 Å². The molecular weight excluding hydrogens is 274 g/mol. The van der Waals surface area contributed by atoms with E-state index in [1.54, 1.807) is 7.11 Å². The van der Waals surface area contributed by atoms with Crippen molar-refractivity contribution < 1.29 is 4.74 Å². The highest BCUT2D eigenvalue weighted by Crippen LogP contribution is 2.23. The Labute approximate surface area is 134 Å². The number of methoxy groups -OCH3 is 1. The lowest BCUT2D eigenvalue weighted by molar-refractivity contribution is 0.244. The van der Waals surface area contributed by atoms with Gasteiger partial charge in [-0.15, -0.1) is 0 Å². The minimum Gasteiger partial charge on any atom is -0.496 e. The molecule has 2 aliphatic heterocycles. The average Bonchev–Trinajstić information content (AvgIpc) is 3.07. The lowest BCUT2D eigenvalue weighted by Gasteiger charge is -2.27. The molecule has 0 bridgehead atoms. The van der Waals surface area contributed by atoms with Gasteiger partial charge in [0.15, 0.2) is 0 Å². The van der Waals surface area contributed by atoms with Crippen LogP contribution in [0.5, 0.6) is 5.75 Å². The van der Waals surface area contributed by atoms with Gasteiger partial charge in [-0.1, -0.05) is 12.1 Å². The van der Waals surface area contributed by atoms with Gasteiger partial charge in [-0.3, -0.25) is 4.90 Å². The van der Waals surface area contributed by atoms with E-state index in [-0.39, 0.29) is 0 Å². The number of nitrogens with zero attached hydrogens (tertiary/aromatic N) is 2. The highest BCUT2D eigenvalue weighted by atomic mass is 16.5. The first kappa shape index (κ1) is 15.8. The molecule has 0 aromatic heterocycles. The van der Waals surface area contributed by atoms with E-state index in [1.165, 1.54) is 50.1 Å². The highest BCUT2D eigenvalue weighted by Gasteiger charge is 2.15. The van der Waals surface area contributed by atoms with E-state index in [0.29, 0.717) is 0 Å². The molecule has 3 rings (SSSR count). The molecular formula is C18H29N3O. The van der Waals surface area contributed by atoms with Gasteiger partial charge in [0.05, 0.1) is 7.11 Å². The smallest absolute Gasteiger partial charge is 0.123 e. The van der Waals surface area contributed by atoms with E-state index in [9.17, 15) is 0 Å². The topological polar surface area (TPSA) is 27.7 Å². The van der Waals surface area contributed by atoms with Crippen molar-refractivity contribution in [1.82, 2.24) is 15.1 Å². The second-order valence-electron chi connectivity index (χ2n) is 6.47. The molecule has 22 heavy (non-hydrogen) atoms. The Balaban J connectivity index is 1.60. The van der Waals surface area contributed by atoms with E-state index in [1.807, 2.05) is 0 Å². The van der Waals surface area contributed by atoms with Crippen molar-refractivity contribution >= 4 is 0 Å². The van der Waals surface area contributed by atoms with Gasteiger partial charge in [0, 0.05) is 44.8 Å². The maximum atomic E-state index is 5.56. The number of hydrogen-bond acceptors (Lipinski definition) is 4. The van der Waals surface area contributed by atoms with Crippen LogP contribution in [0, 0.1) is 0 Å². The van der Waals surface area contributed by atoms with Crippen LogP contribution in [0.1, 0.15) is 24.0 Å². The van der Waals surface area contributed by atoms with Gasteiger partial charge < -0.3 is 15.0 Å². The molecule has 0 unspecified atom stereocenters. The van der Waals surface area contributed by atoms with Crippen LogP contribution in [0.3, 0.4) is 0 Å². The van der Waals surface area contributed by atoms with Gasteiger partial charge in [0.2, 0.25) is 0 Å². The Hall–Kier alpha value is -1.10. The molecule has 2 saturated heterocycles. The number of rotatable bonds is 6. The first-order valence-corrected chi connectivity index (χ1v) is 8.66. The quantitative estimate of drug-likeness (QED) is 0.866. The summed E-state index contributed by atoms with van der Waals surface area (Å²) in [6.07, 6.45) is 3.81. The molecule has 2 fully saturated rings. The van der Waals surface area contributed by atoms with Crippen LogP contribution in [0.15, 0.2) is 18.2 Å². The standard InChI is InChI=1S/C18H29N3O/c1-22-18-5-4-16(6-11-20-12-7-19-8-13-20)14-17(18)15-21-9-2-3-10-21/h4-5,14,19H,2-3,6-13,15H2,1H3. The van der Waals surface area contributed by atoms with Gasteiger partial charge in [-0.25, -0.2) is 0 Å². The summed E-state index contributed by atoms with van der Waals surface area (Å²) < 4.78 is 5.56. The zero-order chi connectivity index (χ0) is 15.2. The molecule has 0 radical (unpaired) electrons. The zero-order valence-corrected chi connectivity index (χ0v) is 13.8. The number of piperazine rings is 1. The second kappa shape index (κ2) is 7.95. The third-order valence-corrected chi connectivity index (χ3v) is 4.86. The number of benzene rings is 1. The van der Waals surface area contributed by atoms with Crippen molar-refractivity contribution in [3.63, 3.8) is 0 Å². The Morgan fingerprint density at radius 1 is 1.05 bits per heavy atom. The first-order chi connectivity index (χ1) is 10.8. The molecule has 1 N–H and O–H groups in total. The summed E-state index contributed by atoms with van der Waals surface area (Å²) in [4.78, 5) is 5.10. The van der Waals surface area contributed by atoms with E-state index in [0.717, 1.165) is 38.3 Å². The summed E-state index contributed by atoms with van der Waals surface area (Å²) in [5.41, 5.74) is 2.79. The van der Waals surface area contributed by atoms with Crippen LogP contribution in [-0.2, 0) is 13.0 Å². The second-order valence-corrected chi connectivity index (χ2v) is 6.47. The predicted molar refractivity (Wildman–Crippen MR) is 90.5 cm³/mol. The molecule has 0 saturated carbocycles. The lowest BCUT2D eigenvalue weighted by Crippen LogP contribution is -2.44. The molecule has 4 nitrogen and oxygen atoms in total. The van der Waals surface area contributed by atoms with Crippen molar-refractivity contribution in [3.05, 3.63) is 29.3 Å². The zero-order valence-electron chi connectivity index (χ0n) is 13.8. The molecule has 0 spiro atoms. The summed E-state index contributed by atoms with van der Waals surface area (Å²) in [6, 6.07) is 6.74. The normalized spacial score (nSPS) is 20.4. The fourth-order valence-electron chi connectivity index (χ4n) is 3.51. The number of nitrogens with one attached hydrogen (secondary N) is 1. The fraction of sp³-hybridized carbons (Fsp3) is 0.667. The van der Waals surface area contributed by atoms with E-state index >= 15 is 0 Å². The fourth-order valence-corrected chi connectivity index (χ4v) is 3.51. The summed E-state index contributed by atoms with van der Waals surface area (Å²) in [5, 5.41) is 3.41. The van der Waals surface area contributed by atoms with Crippen LogP contribution in [0.2, 0.25) is 0 Å². The summed E-state index contributed by atoms with van der Waals surface area (Å²) in [6.45, 7) is 9.27. The molecule has 1 aromatic rings. The van der Waals surface area contributed by atoms with Crippen LogP contribution in [0.4, 0.5) is 0 Å². The van der Waals surface area contributed by atoms with Crippen LogP contribution >= 0.6 is 0 Å². The van der Waals surface area contributed by atoms with E-state index in [2.05, 4.69) is 33.3 Å². The van der Waals surface area contributed by atoms with Crippen molar-refractivity contribution in [1.29, 1.82) is 0 Å². The Morgan fingerprint density at radius 3 is 2.55 bits per heavy atom. The minimum atomic E-state index is 1.03. The molecule has 0 atom stereocenters. The van der Waals surface area contributed by atoms with Crippen LogP contribution < -0.4 is 10.1 Å². The largest absolute Gasteiger partial charge is 0.496 e. The van der Waals surface area contributed by atoms with Crippen molar-refractivity contribution in [2.24, 2.45) is 0 Å². The minimum absolute atomic E-state index is 1.03. The Morgan fingerprint density at radius 2 is 1.82 bits per heavy atom. The number of hydrogen-bond donors (Lipinski definition) is 1. The van der Waals surface area contributed by atoms with Crippen LogP contribution in [0.25, 0.3) is 0 Å². The Bertz CT molecular complexity index is 465. The molecule has 2 aliphatic rings. The highest BCUT2D eigenvalue weighted by molar-refractivity contribution is 5.37. The summed E-state index contributed by atoms with van der Waals surface area (Å²) >= 11 is 0. The summed E-state index contributed by atoms with van der Waals surface area (Å²) in [7, 11) is 1.78. The molecule has 2 heterocycles. The monoisotopic (exact) mass is 303 g/mol. The Kier molecular flexibility index (Phi) is 5.70. The van der Waals surface area contributed by atoms with Gasteiger partial charge >= 0.3 is 0 Å². The molecule has 4 heteroatoms. The maximum Gasteiger partial charge on any atom is 0.123 e. The molecule has 0 amide bonds. The van der Waals surface area contributed by atoms with Crippen molar-refractivity contribution in [2.75, 3.05) is 52.9 Å². The predicted octanol–water partition coefficient (Wildman–Crippen LogP) is 1.74. The van der Waals surface area contributed by atoms with Gasteiger partial charge in [0.1, 0.15) is 5.75 Å². The van der Waals surface area contributed by atoms with Crippen LogP contribution in [-0.4, -0.2) is 62.7 Å². The SMILES string of the molecule is COc1ccc(CCN2CCNCC2)cc1CN1CCCC1. The maximum absolute atomic E-state index is 5.56. The molecule has 0 aliphatic carbocycles. The lowest BCUT2D eigenvalue weighted by atomic mass is 10.1. The third-order valence-electron chi connectivity index (χ3n) is 4.86. The third kappa shape index (κ3) is 4.22.